The summed E-state index contributed by atoms with van der Waals surface area (Å²) in [5, 5.41) is 5.30. The summed E-state index contributed by atoms with van der Waals surface area (Å²) in [6.45, 7) is 3.65. The van der Waals surface area contributed by atoms with Crippen LogP contribution in [0, 0.1) is 0 Å². The summed E-state index contributed by atoms with van der Waals surface area (Å²) in [5.41, 5.74) is 4.39. The van der Waals surface area contributed by atoms with Crippen molar-refractivity contribution in [2.24, 2.45) is 0 Å². The van der Waals surface area contributed by atoms with Gasteiger partial charge in [0, 0.05) is 35.2 Å². The summed E-state index contributed by atoms with van der Waals surface area (Å²) in [4.78, 5) is 30.8. The van der Waals surface area contributed by atoms with Gasteiger partial charge in [0.15, 0.2) is 5.13 Å². The highest BCUT2D eigenvalue weighted by molar-refractivity contribution is 7.14. The minimum Gasteiger partial charge on any atom is -0.497 e. The number of anilines is 2. The highest BCUT2D eigenvalue weighted by atomic mass is 32.1. The van der Waals surface area contributed by atoms with Gasteiger partial charge in [-0.15, -0.1) is 11.3 Å². The lowest BCUT2D eigenvalue weighted by Gasteiger charge is -2.20. The van der Waals surface area contributed by atoms with Crippen LogP contribution in [-0.4, -0.2) is 29.9 Å². The molecule has 2 heterocycles. The Bertz CT molecular complexity index is 1090. The van der Waals surface area contributed by atoms with Crippen molar-refractivity contribution >= 4 is 34.0 Å². The van der Waals surface area contributed by atoms with Crippen LogP contribution in [0.15, 0.2) is 47.8 Å². The predicted molar refractivity (Wildman–Crippen MR) is 115 cm³/mol. The van der Waals surface area contributed by atoms with Gasteiger partial charge in [0.1, 0.15) is 5.75 Å². The van der Waals surface area contributed by atoms with Crippen LogP contribution in [0.1, 0.15) is 29.8 Å². The second kappa shape index (κ2) is 7.67. The predicted octanol–water partition coefficient (Wildman–Crippen LogP) is 4.37. The number of carbonyl (C=O) groups excluding carboxylic acids is 2. The zero-order chi connectivity index (χ0) is 20.5. The maximum absolute atomic E-state index is 12.5. The van der Waals surface area contributed by atoms with Crippen molar-refractivity contribution in [2.45, 2.75) is 26.3 Å². The van der Waals surface area contributed by atoms with Gasteiger partial charge < -0.3 is 9.64 Å². The summed E-state index contributed by atoms with van der Waals surface area (Å²) < 4.78 is 5.17. The van der Waals surface area contributed by atoms with Crippen molar-refractivity contribution in [3.63, 3.8) is 0 Å². The topological polar surface area (TPSA) is 71.5 Å². The second-order valence-corrected chi connectivity index (χ2v) is 7.87. The van der Waals surface area contributed by atoms with Gasteiger partial charge in [0.25, 0.3) is 5.91 Å². The summed E-state index contributed by atoms with van der Waals surface area (Å²) in [5.74, 6) is 0.453. The molecule has 29 heavy (non-hydrogen) atoms. The van der Waals surface area contributed by atoms with E-state index in [0.717, 1.165) is 28.9 Å². The fourth-order valence-electron chi connectivity index (χ4n) is 3.67. The molecule has 1 N–H and O–H groups in total. The summed E-state index contributed by atoms with van der Waals surface area (Å²) in [7, 11) is 1.57. The van der Waals surface area contributed by atoms with Crippen LogP contribution in [0.5, 0.6) is 5.75 Å². The van der Waals surface area contributed by atoms with E-state index in [1.165, 1.54) is 11.3 Å². The molecule has 2 amide bonds. The van der Waals surface area contributed by atoms with Gasteiger partial charge in [-0.3, -0.25) is 14.9 Å². The number of thiazole rings is 1. The van der Waals surface area contributed by atoms with Gasteiger partial charge in [0.05, 0.1) is 12.8 Å². The van der Waals surface area contributed by atoms with Crippen LogP contribution in [-0.2, 0) is 11.2 Å². The Balaban J connectivity index is 1.53. The quantitative estimate of drug-likeness (QED) is 0.697. The van der Waals surface area contributed by atoms with Crippen LogP contribution >= 0.6 is 11.3 Å². The summed E-state index contributed by atoms with van der Waals surface area (Å²) >= 11 is 1.38. The van der Waals surface area contributed by atoms with Crippen LogP contribution in [0.2, 0.25) is 0 Å². The minimum absolute atomic E-state index is 0.0557. The average Bonchev–Trinajstić information content (AvgIpc) is 3.30. The molecule has 0 bridgehead atoms. The monoisotopic (exact) mass is 407 g/mol. The first-order valence-electron chi connectivity index (χ1n) is 9.30. The van der Waals surface area contributed by atoms with Crippen LogP contribution < -0.4 is 15.0 Å². The van der Waals surface area contributed by atoms with Gasteiger partial charge in [-0.2, -0.15) is 0 Å². The molecule has 1 aliphatic heterocycles. The summed E-state index contributed by atoms with van der Waals surface area (Å²) in [6.07, 6.45) is 0.826. The Morgan fingerprint density at radius 1 is 1.24 bits per heavy atom. The van der Waals surface area contributed by atoms with Crippen molar-refractivity contribution in [1.82, 2.24) is 4.98 Å². The fraction of sp³-hybridized carbons (Fsp3) is 0.227. The number of rotatable bonds is 4. The van der Waals surface area contributed by atoms with Gasteiger partial charge in [-0.05, 0) is 49.2 Å². The van der Waals surface area contributed by atoms with E-state index in [-0.39, 0.29) is 17.9 Å². The Morgan fingerprint density at radius 2 is 2.07 bits per heavy atom. The molecule has 1 unspecified atom stereocenters. The smallest absolute Gasteiger partial charge is 0.257 e. The summed E-state index contributed by atoms with van der Waals surface area (Å²) in [6, 6.07) is 13.2. The molecule has 0 saturated heterocycles. The number of nitrogens with one attached hydrogen (secondary N) is 1. The molecule has 6 nitrogen and oxygen atoms in total. The molecule has 148 valence electrons. The largest absolute Gasteiger partial charge is 0.497 e. The Labute approximate surface area is 173 Å². The van der Waals surface area contributed by atoms with Crippen molar-refractivity contribution in [3.05, 3.63) is 59.0 Å². The molecule has 3 aromatic rings. The van der Waals surface area contributed by atoms with Gasteiger partial charge in [-0.25, -0.2) is 4.98 Å². The van der Waals surface area contributed by atoms with Crippen molar-refractivity contribution < 1.29 is 14.3 Å². The molecule has 2 aromatic carbocycles. The zero-order valence-electron chi connectivity index (χ0n) is 16.4. The van der Waals surface area contributed by atoms with Crippen molar-refractivity contribution in [1.29, 1.82) is 0 Å². The van der Waals surface area contributed by atoms with E-state index in [0.29, 0.717) is 16.4 Å². The van der Waals surface area contributed by atoms with E-state index in [2.05, 4.69) is 23.3 Å². The van der Waals surface area contributed by atoms with E-state index in [4.69, 9.17) is 4.74 Å². The molecule has 0 radical (unpaired) electrons. The number of methoxy groups -OCH3 is 1. The van der Waals surface area contributed by atoms with Gasteiger partial charge in [-0.1, -0.05) is 12.1 Å². The number of carbonyl (C=O) groups is 2. The molecule has 1 atom stereocenters. The lowest BCUT2D eigenvalue weighted by Crippen LogP contribution is -2.33. The average molecular weight is 407 g/mol. The number of fused-ring (bicyclic) bond motifs is 1. The Morgan fingerprint density at radius 3 is 2.83 bits per heavy atom. The molecule has 1 aromatic heterocycles. The third kappa shape index (κ3) is 3.73. The van der Waals surface area contributed by atoms with Crippen LogP contribution in [0.25, 0.3) is 11.3 Å². The van der Waals surface area contributed by atoms with E-state index >= 15 is 0 Å². The normalized spacial score (nSPS) is 15.1. The molecule has 0 aliphatic carbocycles. The van der Waals surface area contributed by atoms with Crippen LogP contribution in [0.4, 0.5) is 10.8 Å². The fourth-order valence-corrected chi connectivity index (χ4v) is 4.38. The van der Waals surface area contributed by atoms with E-state index in [1.54, 1.807) is 38.3 Å². The molecule has 7 heteroatoms. The van der Waals surface area contributed by atoms with Crippen LogP contribution in [0.3, 0.4) is 0 Å². The highest BCUT2D eigenvalue weighted by Gasteiger charge is 2.29. The molecule has 0 fully saturated rings. The maximum atomic E-state index is 12.5. The SMILES string of the molecule is COc1cccc(C(=O)Nc2nc(-c3ccc4c(c3)CC(C)N4C(C)=O)cs2)c1. The first-order chi connectivity index (χ1) is 14.0. The zero-order valence-corrected chi connectivity index (χ0v) is 17.2. The number of amides is 2. The minimum atomic E-state index is -0.232. The Hall–Kier alpha value is -3.19. The van der Waals surface area contributed by atoms with Gasteiger partial charge >= 0.3 is 0 Å². The lowest BCUT2D eigenvalue weighted by atomic mass is 10.1. The van der Waals surface area contributed by atoms with E-state index in [1.807, 2.05) is 22.4 Å². The molecular weight excluding hydrogens is 386 g/mol. The Kier molecular flexibility index (Phi) is 5.07. The number of benzene rings is 2. The maximum Gasteiger partial charge on any atom is 0.257 e. The van der Waals surface area contributed by atoms with Gasteiger partial charge in [0.2, 0.25) is 5.91 Å². The van der Waals surface area contributed by atoms with E-state index in [9.17, 15) is 9.59 Å². The molecule has 0 saturated carbocycles. The van der Waals surface area contributed by atoms with Crippen molar-refractivity contribution in [3.8, 4) is 17.0 Å². The number of nitrogens with zero attached hydrogens (tertiary/aromatic N) is 2. The lowest BCUT2D eigenvalue weighted by molar-refractivity contribution is -0.116. The molecule has 4 rings (SSSR count). The first kappa shape index (κ1) is 19.1. The molecule has 0 spiro atoms. The number of hydrogen-bond donors (Lipinski definition) is 1. The number of ether oxygens (including phenoxy) is 1. The third-order valence-corrected chi connectivity index (χ3v) is 5.74. The molecular formula is C22H21N3O3S. The standard InChI is InChI=1S/C22H21N3O3S/c1-13-9-17-10-15(7-8-20(17)25(13)14(2)26)19-12-29-22(23-19)24-21(27)16-5-4-6-18(11-16)28-3/h4-8,10-13H,9H2,1-3H3,(H,23,24,27). The number of hydrogen-bond acceptors (Lipinski definition) is 5. The highest BCUT2D eigenvalue weighted by Crippen LogP contribution is 2.36. The van der Waals surface area contributed by atoms with E-state index < -0.39 is 0 Å². The first-order valence-corrected chi connectivity index (χ1v) is 10.2. The van der Waals surface area contributed by atoms with Crippen molar-refractivity contribution in [2.75, 3.05) is 17.3 Å². The molecule has 1 aliphatic rings. The third-order valence-electron chi connectivity index (χ3n) is 4.99. The number of aromatic nitrogens is 1. The second-order valence-electron chi connectivity index (χ2n) is 7.01.